The van der Waals surface area contributed by atoms with Crippen LogP contribution >= 0.6 is 0 Å². The first-order chi connectivity index (χ1) is 11.3. The van der Waals surface area contributed by atoms with E-state index in [1.165, 1.54) is 12.8 Å². The highest BCUT2D eigenvalue weighted by Gasteiger charge is 2.29. The number of aromatic nitrogens is 1. The lowest BCUT2D eigenvalue weighted by molar-refractivity contribution is 0.0543. The van der Waals surface area contributed by atoms with Crippen LogP contribution in [-0.4, -0.2) is 41.7 Å². The molecule has 5 nitrogen and oxygen atoms in total. The van der Waals surface area contributed by atoms with Crippen molar-refractivity contribution in [2.24, 2.45) is 5.92 Å². The Hall–Kier alpha value is -2.14. The van der Waals surface area contributed by atoms with Gasteiger partial charge in [0, 0.05) is 31.3 Å². The molecule has 0 bridgehead atoms. The van der Waals surface area contributed by atoms with Crippen LogP contribution in [0.25, 0.3) is 10.9 Å². The highest BCUT2D eigenvalue weighted by Crippen LogP contribution is 2.30. The molecule has 4 rings (SSSR count). The van der Waals surface area contributed by atoms with Crippen LogP contribution in [0.15, 0.2) is 36.5 Å². The molecule has 1 aliphatic carbocycles. The van der Waals surface area contributed by atoms with Crippen LogP contribution in [0.5, 0.6) is 0 Å². The highest BCUT2D eigenvalue weighted by molar-refractivity contribution is 5.99. The van der Waals surface area contributed by atoms with Gasteiger partial charge in [0.25, 0.3) is 0 Å². The van der Waals surface area contributed by atoms with Crippen molar-refractivity contribution < 1.29 is 9.53 Å². The summed E-state index contributed by atoms with van der Waals surface area (Å²) in [6.45, 7) is 2.28. The van der Waals surface area contributed by atoms with Gasteiger partial charge in [0.15, 0.2) is 0 Å². The fourth-order valence-electron chi connectivity index (χ4n) is 3.00. The number of nitrogens with one attached hydrogen (secondary N) is 1. The molecule has 2 amide bonds. The molecule has 2 aromatic rings. The molecule has 1 N–H and O–H groups in total. The molecule has 1 unspecified atom stereocenters. The summed E-state index contributed by atoms with van der Waals surface area (Å²) in [5.41, 5.74) is 1.58. The van der Waals surface area contributed by atoms with Crippen LogP contribution in [-0.2, 0) is 4.74 Å². The second kappa shape index (κ2) is 6.16. The predicted octanol–water partition coefficient (Wildman–Crippen LogP) is 3.27. The molecule has 1 saturated carbocycles. The van der Waals surface area contributed by atoms with Gasteiger partial charge in [0.1, 0.15) is 0 Å². The van der Waals surface area contributed by atoms with E-state index in [-0.39, 0.29) is 12.1 Å². The summed E-state index contributed by atoms with van der Waals surface area (Å²) in [6.07, 6.45) is 5.45. The number of likely N-dealkylation sites (tertiary alicyclic amines) is 1. The number of urea groups is 1. The van der Waals surface area contributed by atoms with E-state index in [0.29, 0.717) is 6.54 Å². The minimum absolute atomic E-state index is 0.0688. The molecule has 23 heavy (non-hydrogen) atoms. The van der Waals surface area contributed by atoms with Crippen molar-refractivity contribution in [3.63, 3.8) is 0 Å². The molecule has 1 saturated heterocycles. The normalized spacial score (nSPS) is 20.9. The van der Waals surface area contributed by atoms with E-state index in [0.717, 1.165) is 42.1 Å². The Morgan fingerprint density at radius 2 is 2.13 bits per heavy atom. The first kappa shape index (κ1) is 14.5. The molecule has 120 valence electrons. The average Bonchev–Trinajstić information content (AvgIpc) is 3.29. The topological polar surface area (TPSA) is 54.5 Å². The number of carbonyl (C=O) groups excluding carboxylic acids is 1. The number of nitrogens with zero attached hydrogens (tertiary/aromatic N) is 2. The zero-order valence-corrected chi connectivity index (χ0v) is 13.1. The number of anilines is 1. The third-order valence-corrected chi connectivity index (χ3v) is 4.57. The lowest BCUT2D eigenvalue weighted by atomic mass is 10.2. The molecular formula is C18H21N3O2. The number of ether oxygens (including phenoxy) is 1. The lowest BCUT2D eigenvalue weighted by Gasteiger charge is -2.18. The number of pyridine rings is 1. The molecule has 2 heterocycles. The zero-order chi connectivity index (χ0) is 15.6. The maximum atomic E-state index is 12.5. The van der Waals surface area contributed by atoms with E-state index in [1.54, 1.807) is 6.20 Å². The Morgan fingerprint density at radius 1 is 1.26 bits per heavy atom. The third kappa shape index (κ3) is 3.29. The van der Waals surface area contributed by atoms with Gasteiger partial charge in [0.05, 0.1) is 17.3 Å². The standard InChI is InChI=1S/C18H21N3O2/c22-18(21-10-8-15(11-21)23-12-13-6-7-13)20-16-5-1-3-14-4-2-9-19-17(14)16/h1-5,9,13,15H,6-8,10-12H2,(H,20,22). The summed E-state index contributed by atoms with van der Waals surface area (Å²) in [4.78, 5) is 18.7. The minimum Gasteiger partial charge on any atom is -0.376 e. The Kier molecular flexibility index (Phi) is 3.87. The van der Waals surface area contributed by atoms with Gasteiger partial charge < -0.3 is 15.0 Å². The molecule has 2 fully saturated rings. The van der Waals surface area contributed by atoms with Crippen molar-refractivity contribution in [2.75, 3.05) is 25.0 Å². The first-order valence-electron chi connectivity index (χ1n) is 8.31. The fraction of sp³-hybridized carbons (Fsp3) is 0.444. The maximum Gasteiger partial charge on any atom is 0.321 e. The molecule has 5 heteroatoms. The third-order valence-electron chi connectivity index (χ3n) is 4.57. The summed E-state index contributed by atoms with van der Waals surface area (Å²) < 4.78 is 5.89. The van der Waals surface area contributed by atoms with E-state index in [1.807, 2.05) is 35.2 Å². The molecule has 2 aliphatic rings. The van der Waals surface area contributed by atoms with Gasteiger partial charge in [-0.05, 0) is 37.3 Å². The molecule has 1 aromatic carbocycles. The molecule has 1 aromatic heterocycles. The molecule has 1 atom stereocenters. The van der Waals surface area contributed by atoms with Crippen molar-refractivity contribution in [1.82, 2.24) is 9.88 Å². The van der Waals surface area contributed by atoms with Gasteiger partial charge in [-0.15, -0.1) is 0 Å². The van der Waals surface area contributed by atoms with Crippen molar-refractivity contribution >= 4 is 22.6 Å². The number of carbonyl (C=O) groups is 1. The highest BCUT2D eigenvalue weighted by atomic mass is 16.5. The number of para-hydroxylation sites is 1. The van der Waals surface area contributed by atoms with Gasteiger partial charge in [0.2, 0.25) is 0 Å². The Labute approximate surface area is 135 Å². The second-order valence-corrected chi connectivity index (χ2v) is 6.44. The van der Waals surface area contributed by atoms with Gasteiger partial charge in [-0.3, -0.25) is 4.98 Å². The van der Waals surface area contributed by atoms with E-state index in [9.17, 15) is 4.79 Å². The predicted molar refractivity (Wildman–Crippen MR) is 89.4 cm³/mol. The van der Waals surface area contributed by atoms with Gasteiger partial charge >= 0.3 is 6.03 Å². The number of rotatable bonds is 4. The quantitative estimate of drug-likeness (QED) is 0.943. The van der Waals surface area contributed by atoms with Crippen molar-refractivity contribution in [3.05, 3.63) is 36.5 Å². The lowest BCUT2D eigenvalue weighted by Crippen LogP contribution is -2.34. The summed E-state index contributed by atoms with van der Waals surface area (Å²) in [5, 5.41) is 4.02. The number of benzene rings is 1. The Balaban J connectivity index is 1.39. The fourth-order valence-corrected chi connectivity index (χ4v) is 3.00. The van der Waals surface area contributed by atoms with Crippen LogP contribution in [0, 0.1) is 5.92 Å². The maximum absolute atomic E-state index is 12.5. The van der Waals surface area contributed by atoms with E-state index < -0.39 is 0 Å². The minimum atomic E-state index is -0.0688. The van der Waals surface area contributed by atoms with Gasteiger partial charge in [-0.1, -0.05) is 18.2 Å². The van der Waals surface area contributed by atoms with E-state index in [4.69, 9.17) is 4.74 Å². The average molecular weight is 311 g/mol. The second-order valence-electron chi connectivity index (χ2n) is 6.44. The van der Waals surface area contributed by atoms with Crippen LogP contribution < -0.4 is 5.32 Å². The Bertz CT molecular complexity index is 709. The largest absolute Gasteiger partial charge is 0.376 e. The Morgan fingerprint density at radius 3 is 3.00 bits per heavy atom. The smallest absolute Gasteiger partial charge is 0.321 e. The van der Waals surface area contributed by atoms with Crippen LogP contribution in [0.3, 0.4) is 0 Å². The number of fused-ring (bicyclic) bond motifs is 1. The van der Waals surface area contributed by atoms with Crippen LogP contribution in [0.1, 0.15) is 19.3 Å². The van der Waals surface area contributed by atoms with E-state index in [2.05, 4.69) is 10.3 Å². The van der Waals surface area contributed by atoms with Gasteiger partial charge in [-0.2, -0.15) is 0 Å². The zero-order valence-electron chi connectivity index (χ0n) is 13.1. The summed E-state index contributed by atoms with van der Waals surface area (Å²) in [5.74, 6) is 0.764. The first-order valence-corrected chi connectivity index (χ1v) is 8.31. The van der Waals surface area contributed by atoms with E-state index >= 15 is 0 Å². The van der Waals surface area contributed by atoms with Crippen molar-refractivity contribution in [1.29, 1.82) is 0 Å². The SMILES string of the molecule is O=C(Nc1cccc2cccnc12)N1CCC(OCC2CC2)C1. The molecular weight excluding hydrogens is 290 g/mol. The monoisotopic (exact) mass is 311 g/mol. The van der Waals surface area contributed by atoms with Crippen molar-refractivity contribution in [2.45, 2.75) is 25.4 Å². The van der Waals surface area contributed by atoms with Crippen molar-refractivity contribution in [3.8, 4) is 0 Å². The summed E-state index contributed by atoms with van der Waals surface area (Å²) >= 11 is 0. The van der Waals surface area contributed by atoms with Crippen LogP contribution in [0.4, 0.5) is 10.5 Å². The molecule has 0 spiro atoms. The molecule has 1 aliphatic heterocycles. The number of hydrogen-bond acceptors (Lipinski definition) is 3. The number of amides is 2. The van der Waals surface area contributed by atoms with Crippen LogP contribution in [0.2, 0.25) is 0 Å². The summed E-state index contributed by atoms with van der Waals surface area (Å²) in [6, 6.07) is 9.65. The number of hydrogen-bond donors (Lipinski definition) is 1. The molecule has 0 radical (unpaired) electrons. The summed E-state index contributed by atoms with van der Waals surface area (Å²) in [7, 11) is 0. The van der Waals surface area contributed by atoms with Gasteiger partial charge in [-0.25, -0.2) is 4.79 Å².